The monoisotopic (exact) mass is 624 g/mol. The first-order chi connectivity index (χ1) is 21.0. The Kier molecular flexibility index (Phi) is 19.8. The van der Waals surface area contributed by atoms with Crippen molar-refractivity contribution in [3.63, 3.8) is 0 Å². The zero-order valence-corrected chi connectivity index (χ0v) is 26.3. The van der Waals surface area contributed by atoms with Gasteiger partial charge >= 0.3 is 24.0 Å². The largest absolute Gasteiger partial charge is 0.460 e. The number of imidazole rings is 1. The molecule has 0 aliphatic carbocycles. The minimum Gasteiger partial charge on any atom is -0.460 e. The van der Waals surface area contributed by atoms with E-state index in [2.05, 4.69) is 28.4 Å². The SMILES string of the molecule is C=CC(=O)OCC(C)OCC(C)OC(=O)CCN(CCCn1ccnc1)CCNC(=O)OCC(C)OCC(C)OC(=O)C=C. The van der Waals surface area contributed by atoms with E-state index in [1.807, 2.05) is 10.8 Å². The molecule has 14 heteroatoms. The Labute approximate surface area is 259 Å². The number of hydrogen-bond donors (Lipinski definition) is 1. The highest BCUT2D eigenvalue weighted by molar-refractivity contribution is 5.81. The normalized spacial score (nSPS) is 13.7. The van der Waals surface area contributed by atoms with Crippen LogP contribution in [0.3, 0.4) is 0 Å². The van der Waals surface area contributed by atoms with Crippen LogP contribution in [0.5, 0.6) is 0 Å². The van der Waals surface area contributed by atoms with Crippen LogP contribution in [0.15, 0.2) is 44.0 Å². The minimum atomic E-state index is -0.591. The van der Waals surface area contributed by atoms with Crippen LogP contribution in [0, 0.1) is 0 Å². The summed E-state index contributed by atoms with van der Waals surface area (Å²) in [4.78, 5) is 53.2. The number of rotatable bonds is 24. The van der Waals surface area contributed by atoms with Crippen molar-refractivity contribution < 1.29 is 47.6 Å². The van der Waals surface area contributed by atoms with E-state index in [-0.39, 0.29) is 44.9 Å². The molecule has 0 spiro atoms. The lowest BCUT2D eigenvalue weighted by Gasteiger charge is -2.23. The second kappa shape index (κ2) is 22.7. The van der Waals surface area contributed by atoms with Gasteiger partial charge in [-0.15, -0.1) is 0 Å². The van der Waals surface area contributed by atoms with Crippen molar-refractivity contribution in [1.82, 2.24) is 19.8 Å². The number of nitrogens with one attached hydrogen (secondary N) is 1. The molecule has 1 heterocycles. The number of hydrogen-bond acceptors (Lipinski definition) is 12. The fourth-order valence-corrected chi connectivity index (χ4v) is 3.59. The fraction of sp³-hybridized carbons (Fsp3) is 0.633. The van der Waals surface area contributed by atoms with Crippen molar-refractivity contribution in [1.29, 1.82) is 0 Å². The molecule has 4 atom stereocenters. The van der Waals surface area contributed by atoms with Crippen molar-refractivity contribution >= 4 is 24.0 Å². The minimum absolute atomic E-state index is 0.0229. The Morgan fingerprint density at radius 1 is 0.841 bits per heavy atom. The van der Waals surface area contributed by atoms with Gasteiger partial charge in [0.15, 0.2) is 0 Å². The van der Waals surface area contributed by atoms with Gasteiger partial charge in [-0.2, -0.15) is 0 Å². The maximum Gasteiger partial charge on any atom is 0.407 e. The van der Waals surface area contributed by atoms with Gasteiger partial charge in [-0.3, -0.25) is 4.79 Å². The van der Waals surface area contributed by atoms with E-state index < -0.39 is 36.3 Å². The summed E-state index contributed by atoms with van der Waals surface area (Å²) in [6.07, 6.45) is 6.16. The molecule has 14 nitrogen and oxygen atoms in total. The van der Waals surface area contributed by atoms with Crippen molar-refractivity contribution in [3.05, 3.63) is 44.0 Å². The second-order valence-electron chi connectivity index (χ2n) is 10.1. The summed E-state index contributed by atoms with van der Waals surface area (Å²) >= 11 is 0. The molecule has 0 aliphatic heterocycles. The number of nitrogens with zero attached hydrogens (tertiary/aromatic N) is 3. The van der Waals surface area contributed by atoms with Crippen LogP contribution < -0.4 is 5.32 Å². The zero-order valence-electron chi connectivity index (χ0n) is 26.3. The number of aryl methyl sites for hydroxylation is 1. The van der Waals surface area contributed by atoms with Gasteiger partial charge in [0.2, 0.25) is 0 Å². The van der Waals surface area contributed by atoms with Gasteiger partial charge in [-0.25, -0.2) is 19.4 Å². The molecule has 1 amide bonds. The van der Waals surface area contributed by atoms with Gasteiger partial charge in [-0.1, -0.05) is 13.2 Å². The van der Waals surface area contributed by atoms with Crippen molar-refractivity contribution in [2.24, 2.45) is 0 Å². The van der Waals surface area contributed by atoms with Gasteiger partial charge in [0.1, 0.15) is 25.4 Å². The van der Waals surface area contributed by atoms with Gasteiger partial charge in [0.25, 0.3) is 0 Å². The lowest BCUT2D eigenvalue weighted by molar-refractivity contribution is -0.153. The van der Waals surface area contributed by atoms with Crippen molar-refractivity contribution in [2.75, 3.05) is 52.6 Å². The Morgan fingerprint density at radius 2 is 1.48 bits per heavy atom. The van der Waals surface area contributed by atoms with E-state index >= 15 is 0 Å². The Morgan fingerprint density at radius 3 is 2.09 bits per heavy atom. The van der Waals surface area contributed by atoms with E-state index in [1.54, 1.807) is 40.2 Å². The highest BCUT2D eigenvalue weighted by atomic mass is 16.6. The Hall–Kier alpha value is -3.75. The smallest absolute Gasteiger partial charge is 0.407 e. The van der Waals surface area contributed by atoms with E-state index in [9.17, 15) is 19.2 Å². The average Bonchev–Trinajstić information content (AvgIpc) is 3.52. The average molecular weight is 625 g/mol. The molecule has 1 rings (SSSR count). The van der Waals surface area contributed by atoms with E-state index in [0.29, 0.717) is 26.2 Å². The highest BCUT2D eigenvalue weighted by Gasteiger charge is 2.16. The third-order valence-electron chi connectivity index (χ3n) is 5.90. The number of carbonyl (C=O) groups excluding carboxylic acids is 4. The van der Waals surface area contributed by atoms with E-state index in [1.165, 1.54) is 0 Å². The summed E-state index contributed by atoms with van der Waals surface area (Å²) in [6.45, 7) is 16.7. The molecule has 0 aromatic carbocycles. The first-order valence-corrected chi connectivity index (χ1v) is 14.7. The maximum atomic E-state index is 12.5. The van der Waals surface area contributed by atoms with Crippen LogP contribution in [0.2, 0.25) is 0 Å². The molecule has 0 aliphatic rings. The number of esters is 3. The van der Waals surface area contributed by atoms with Crippen molar-refractivity contribution in [3.8, 4) is 0 Å². The summed E-state index contributed by atoms with van der Waals surface area (Å²) in [6, 6.07) is 0. The van der Waals surface area contributed by atoms with Gasteiger partial charge in [0.05, 0.1) is 38.2 Å². The van der Waals surface area contributed by atoms with E-state index in [4.69, 9.17) is 28.4 Å². The molecule has 248 valence electrons. The number of amides is 1. The summed E-state index contributed by atoms with van der Waals surface area (Å²) in [5.74, 6) is -1.44. The predicted molar refractivity (Wildman–Crippen MR) is 161 cm³/mol. The predicted octanol–water partition coefficient (Wildman–Crippen LogP) is 2.28. The van der Waals surface area contributed by atoms with Crippen LogP contribution in [-0.4, -0.2) is 115 Å². The van der Waals surface area contributed by atoms with Crippen LogP contribution in [-0.2, 0) is 49.3 Å². The van der Waals surface area contributed by atoms with Crippen LogP contribution in [0.1, 0.15) is 40.5 Å². The first-order valence-electron chi connectivity index (χ1n) is 14.7. The van der Waals surface area contributed by atoms with Gasteiger partial charge in [0, 0.05) is 50.7 Å². The highest BCUT2D eigenvalue weighted by Crippen LogP contribution is 2.04. The molecule has 1 N–H and O–H groups in total. The standard InChI is InChI=1S/C30H48N4O10/c1-7-27(35)41-18-23(3)39-21-26(6)44-29(37)10-15-33(13-9-14-34-16-11-31-22-34)17-12-32-30(38)42-19-24(4)40-20-25(5)43-28(36)8-2/h7-8,11,16,22-26H,1-2,9-10,12-15,17-21H2,3-6H3,(H,32,38). The fourth-order valence-electron chi connectivity index (χ4n) is 3.59. The Bertz CT molecular complexity index is 1000. The van der Waals surface area contributed by atoms with Crippen LogP contribution >= 0.6 is 0 Å². The topological polar surface area (TPSA) is 157 Å². The number of aromatic nitrogens is 2. The molecule has 1 aromatic heterocycles. The third kappa shape index (κ3) is 19.4. The molecular weight excluding hydrogens is 576 g/mol. The van der Waals surface area contributed by atoms with Crippen molar-refractivity contribution in [2.45, 2.75) is 71.5 Å². The lowest BCUT2D eigenvalue weighted by atomic mass is 10.3. The summed E-state index contributed by atoms with van der Waals surface area (Å²) in [7, 11) is 0. The van der Waals surface area contributed by atoms with E-state index in [0.717, 1.165) is 25.1 Å². The summed E-state index contributed by atoms with van der Waals surface area (Å²) < 4.78 is 33.7. The lowest BCUT2D eigenvalue weighted by Crippen LogP contribution is -2.38. The molecule has 0 saturated heterocycles. The zero-order chi connectivity index (χ0) is 32.7. The molecule has 4 unspecified atom stereocenters. The first kappa shape index (κ1) is 38.3. The Balaban J connectivity index is 2.41. The molecule has 0 fully saturated rings. The molecule has 1 aromatic rings. The maximum absolute atomic E-state index is 12.5. The van der Waals surface area contributed by atoms with Crippen LogP contribution in [0.4, 0.5) is 4.79 Å². The summed E-state index contributed by atoms with van der Waals surface area (Å²) in [5.41, 5.74) is 0. The quantitative estimate of drug-likeness (QED) is 0.102. The molecule has 0 saturated carbocycles. The second-order valence-corrected chi connectivity index (χ2v) is 10.1. The number of carbonyl (C=O) groups is 4. The molecule has 0 bridgehead atoms. The molecule has 0 radical (unpaired) electrons. The number of alkyl carbamates (subject to hydrolysis) is 1. The third-order valence-corrected chi connectivity index (χ3v) is 5.90. The summed E-state index contributed by atoms with van der Waals surface area (Å²) in [5, 5.41) is 2.72. The number of ether oxygens (including phenoxy) is 6. The van der Waals surface area contributed by atoms with Gasteiger partial charge < -0.3 is 43.2 Å². The van der Waals surface area contributed by atoms with Crippen LogP contribution in [0.25, 0.3) is 0 Å². The molecular formula is C30H48N4O10. The molecule has 44 heavy (non-hydrogen) atoms. The van der Waals surface area contributed by atoms with Gasteiger partial charge in [-0.05, 0) is 40.7 Å².